The second-order valence-corrected chi connectivity index (χ2v) is 13.3. The molecular formula is C48H29NO2. The van der Waals surface area contributed by atoms with Gasteiger partial charge < -0.3 is 13.7 Å². The first kappa shape index (κ1) is 28.0. The largest absolute Gasteiger partial charge is 0.456 e. The van der Waals surface area contributed by atoms with E-state index in [4.69, 9.17) is 8.83 Å². The predicted octanol–water partition coefficient (Wildman–Crippen LogP) is 14.1. The zero-order chi connectivity index (χ0) is 33.5. The Morgan fingerprint density at radius 2 is 0.902 bits per heavy atom. The van der Waals surface area contributed by atoms with Gasteiger partial charge in [-0.1, -0.05) is 121 Å². The Labute approximate surface area is 293 Å². The van der Waals surface area contributed by atoms with Gasteiger partial charge in [-0.05, 0) is 92.7 Å². The van der Waals surface area contributed by atoms with E-state index < -0.39 is 0 Å². The van der Waals surface area contributed by atoms with E-state index in [9.17, 15) is 0 Å². The van der Waals surface area contributed by atoms with Crippen molar-refractivity contribution in [1.82, 2.24) is 0 Å². The van der Waals surface area contributed by atoms with Gasteiger partial charge in [-0.25, -0.2) is 0 Å². The van der Waals surface area contributed by atoms with E-state index in [1.807, 2.05) is 12.1 Å². The Bertz CT molecular complexity index is 3150. The molecule has 9 aromatic carbocycles. The van der Waals surface area contributed by atoms with E-state index >= 15 is 0 Å². The summed E-state index contributed by atoms with van der Waals surface area (Å²) in [4.78, 5) is 2.33. The van der Waals surface area contributed by atoms with Crippen LogP contribution >= 0.6 is 0 Å². The second-order valence-electron chi connectivity index (χ2n) is 13.3. The number of hydrogen-bond donors (Lipinski definition) is 0. The molecule has 238 valence electrons. The maximum Gasteiger partial charge on any atom is 0.159 e. The molecule has 0 N–H and O–H groups in total. The first-order chi connectivity index (χ1) is 25.3. The van der Waals surface area contributed by atoms with E-state index in [1.54, 1.807) is 0 Å². The van der Waals surface area contributed by atoms with Crippen LogP contribution in [0, 0.1) is 0 Å². The molecule has 0 saturated carbocycles. The van der Waals surface area contributed by atoms with Gasteiger partial charge in [-0.2, -0.15) is 0 Å². The second kappa shape index (κ2) is 10.8. The van der Waals surface area contributed by atoms with Crippen LogP contribution < -0.4 is 4.90 Å². The Kier molecular flexibility index (Phi) is 5.96. The third-order valence-corrected chi connectivity index (χ3v) is 10.4. The SMILES string of the molecule is c1ccc2c(c1)ccc1ccc(N(c3ccc(-c4ccc5c(c4)oc4ccccc45)cc3)c3cccc4c3oc3c5ccccc5ccc43)cc12. The number of fused-ring (bicyclic) bond motifs is 11. The van der Waals surface area contributed by atoms with Gasteiger partial charge >= 0.3 is 0 Å². The lowest BCUT2D eigenvalue weighted by atomic mass is 10.0. The lowest BCUT2D eigenvalue weighted by Crippen LogP contribution is -2.10. The first-order valence-corrected chi connectivity index (χ1v) is 17.3. The molecule has 0 saturated heterocycles. The normalized spacial score (nSPS) is 11.9. The van der Waals surface area contributed by atoms with Gasteiger partial charge in [0.2, 0.25) is 0 Å². The Morgan fingerprint density at radius 3 is 1.76 bits per heavy atom. The van der Waals surface area contributed by atoms with Crippen LogP contribution in [0.1, 0.15) is 0 Å². The van der Waals surface area contributed by atoms with Crippen molar-refractivity contribution in [2.24, 2.45) is 0 Å². The van der Waals surface area contributed by atoms with Crippen molar-refractivity contribution in [1.29, 1.82) is 0 Å². The molecule has 0 aliphatic rings. The molecule has 0 spiro atoms. The van der Waals surface area contributed by atoms with Crippen LogP contribution in [0.4, 0.5) is 17.1 Å². The lowest BCUT2D eigenvalue weighted by molar-refractivity contribution is 0.669. The van der Waals surface area contributed by atoms with Crippen molar-refractivity contribution in [2.45, 2.75) is 0 Å². The number of rotatable bonds is 4. The van der Waals surface area contributed by atoms with Crippen molar-refractivity contribution in [2.75, 3.05) is 4.90 Å². The number of para-hydroxylation sites is 2. The van der Waals surface area contributed by atoms with E-state index in [0.29, 0.717) is 0 Å². The standard InChI is InChI=1S/C48H29NO2/c1-3-10-37-31(8-1)16-17-33-20-25-36(29-43(33)37)49(44-14-7-13-41-42-27-21-32-9-2-4-11-38(32)47(42)51-48(41)44)35-23-18-30(19-24-35)34-22-26-40-39-12-5-6-15-45(39)50-46(40)28-34/h1-29H. The summed E-state index contributed by atoms with van der Waals surface area (Å²) in [6.45, 7) is 0. The van der Waals surface area contributed by atoms with Gasteiger partial charge in [0.15, 0.2) is 5.58 Å². The topological polar surface area (TPSA) is 29.5 Å². The Balaban J connectivity index is 1.11. The molecule has 0 aliphatic heterocycles. The maximum atomic E-state index is 6.89. The Hall–Kier alpha value is -6.84. The number of anilines is 3. The quantitative estimate of drug-likeness (QED) is 0.177. The first-order valence-electron chi connectivity index (χ1n) is 17.3. The third-order valence-electron chi connectivity index (χ3n) is 10.4. The number of nitrogens with zero attached hydrogens (tertiary/aromatic N) is 1. The molecular weight excluding hydrogens is 623 g/mol. The molecule has 0 unspecified atom stereocenters. The van der Waals surface area contributed by atoms with Gasteiger partial charge in [0.25, 0.3) is 0 Å². The van der Waals surface area contributed by atoms with E-state index in [-0.39, 0.29) is 0 Å². The van der Waals surface area contributed by atoms with Crippen molar-refractivity contribution < 1.29 is 8.83 Å². The molecule has 0 amide bonds. The summed E-state index contributed by atoms with van der Waals surface area (Å²) >= 11 is 0. The van der Waals surface area contributed by atoms with E-state index in [2.05, 4.69) is 169 Å². The fourth-order valence-electron chi connectivity index (χ4n) is 7.95. The molecule has 11 aromatic rings. The summed E-state index contributed by atoms with van der Waals surface area (Å²) in [7, 11) is 0. The summed E-state index contributed by atoms with van der Waals surface area (Å²) in [6.07, 6.45) is 0. The highest BCUT2D eigenvalue weighted by Gasteiger charge is 2.21. The highest BCUT2D eigenvalue weighted by molar-refractivity contribution is 6.18. The van der Waals surface area contributed by atoms with Crippen molar-refractivity contribution in [3.8, 4) is 11.1 Å². The monoisotopic (exact) mass is 651 g/mol. The summed E-state index contributed by atoms with van der Waals surface area (Å²) in [5.74, 6) is 0. The molecule has 0 fully saturated rings. The number of hydrogen-bond acceptors (Lipinski definition) is 3. The average Bonchev–Trinajstić information content (AvgIpc) is 3.77. The van der Waals surface area contributed by atoms with Crippen LogP contribution in [0.2, 0.25) is 0 Å². The van der Waals surface area contributed by atoms with Crippen LogP contribution in [0.15, 0.2) is 185 Å². The van der Waals surface area contributed by atoms with E-state index in [0.717, 1.165) is 77.5 Å². The predicted molar refractivity (Wildman–Crippen MR) is 214 cm³/mol. The fraction of sp³-hybridized carbons (Fsp3) is 0. The number of furan rings is 2. The molecule has 0 bridgehead atoms. The molecule has 3 heteroatoms. The van der Waals surface area contributed by atoms with Crippen LogP contribution in [-0.2, 0) is 0 Å². The average molecular weight is 652 g/mol. The van der Waals surface area contributed by atoms with Gasteiger partial charge in [0.05, 0.1) is 5.69 Å². The van der Waals surface area contributed by atoms with Crippen LogP contribution in [0.3, 0.4) is 0 Å². The molecule has 0 aliphatic carbocycles. The molecule has 2 aromatic heterocycles. The summed E-state index contributed by atoms with van der Waals surface area (Å²) in [5, 5.41) is 11.7. The van der Waals surface area contributed by atoms with Crippen LogP contribution in [0.25, 0.3) is 87.3 Å². The molecule has 0 atom stereocenters. The van der Waals surface area contributed by atoms with Gasteiger partial charge in [0, 0.05) is 38.3 Å². The van der Waals surface area contributed by atoms with Crippen molar-refractivity contribution in [3.05, 3.63) is 176 Å². The Morgan fingerprint density at radius 1 is 0.314 bits per heavy atom. The van der Waals surface area contributed by atoms with E-state index in [1.165, 1.54) is 26.9 Å². The van der Waals surface area contributed by atoms with Crippen LogP contribution in [0.5, 0.6) is 0 Å². The lowest BCUT2D eigenvalue weighted by Gasteiger charge is -2.26. The minimum absolute atomic E-state index is 0.862. The molecule has 0 radical (unpaired) electrons. The highest BCUT2D eigenvalue weighted by Crippen LogP contribution is 2.45. The summed E-state index contributed by atoms with van der Waals surface area (Å²) in [6, 6.07) is 62.6. The zero-order valence-corrected chi connectivity index (χ0v) is 27.5. The highest BCUT2D eigenvalue weighted by atomic mass is 16.3. The van der Waals surface area contributed by atoms with Gasteiger partial charge in [0.1, 0.15) is 16.7 Å². The third kappa shape index (κ3) is 4.32. The molecule has 3 nitrogen and oxygen atoms in total. The molecule has 51 heavy (non-hydrogen) atoms. The minimum Gasteiger partial charge on any atom is -0.456 e. The number of benzene rings is 9. The van der Waals surface area contributed by atoms with Crippen LogP contribution in [-0.4, -0.2) is 0 Å². The fourth-order valence-corrected chi connectivity index (χ4v) is 7.95. The summed E-state index contributed by atoms with van der Waals surface area (Å²) < 4.78 is 13.1. The molecule has 11 rings (SSSR count). The molecule has 2 heterocycles. The maximum absolute atomic E-state index is 6.89. The van der Waals surface area contributed by atoms with Crippen molar-refractivity contribution in [3.63, 3.8) is 0 Å². The van der Waals surface area contributed by atoms with Gasteiger partial charge in [-0.15, -0.1) is 0 Å². The zero-order valence-electron chi connectivity index (χ0n) is 27.5. The van der Waals surface area contributed by atoms with Crippen molar-refractivity contribution >= 4 is 93.3 Å². The minimum atomic E-state index is 0.862. The van der Waals surface area contributed by atoms with Gasteiger partial charge in [-0.3, -0.25) is 0 Å². The summed E-state index contributed by atoms with van der Waals surface area (Å²) in [5.41, 5.74) is 8.91. The smallest absolute Gasteiger partial charge is 0.159 e.